The Labute approximate surface area is 160 Å². The molecule has 0 saturated heterocycles. The van der Waals surface area contributed by atoms with Crippen molar-refractivity contribution in [2.45, 2.75) is 0 Å². The standard InChI is InChI=1S/C22H14ClN3O/c23-16-12-10-15(11-13-16)21-25-26-22(27-21)19-17-8-4-5-9-18(17)24-20(19)14-6-2-1-3-7-14/h1-13,24H. The molecule has 130 valence electrons. The summed E-state index contributed by atoms with van der Waals surface area (Å²) in [7, 11) is 0. The van der Waals surface area contributed by atoms with Gasteiger partial charge in [0.05, 0.1) is 11.3 Å². The summed E-state index contributed by atoms with van der Waals surface area (Å²) >= 11 is 5.97. The molecule has 2 heterocycles. The number of benzene rings is 3. The zero-order chi connectivity index (χ0) is 18.2. The third-order valence-electron chi connectivity index (χ3n) is 4.50. The normalized spacial score (nSPS) is 11.1. The van der Waals surface area contributed by atoms with Crippen LogP contribution in [0, 0.1) is 0 Å². The molecular weight excluding hydrogens is 358 g/mol. The predicted octanol–water partition coefficient (Wildman–Crippen LogP) is 6.21. The quantitative estimate of drug-likeness (QED) is 0.410. The molecule has 0 saturated carbocycles. The highest BCUT2D eigenvalue weighted by atomic mass is 35.5. The lowest BCUT2D eigenvalue weighted by molar-refractivity contribution is 0.585. The van der Waals surface area contributed by atoms with E-state index in [0.29, 0.717) is 16.8 Å². The van der Waals surface area contributed by atoms with Crippen molar-refractivity contribution in [1.82, 2.24) is 15.2 Å². The topological polar surface area (TPSA) is 54.7 Å². The SMILES string of the molecule is Clc1ccc(-c2nnc(-c3c(-c4ccccc4)[nH]c4ccccc34)o2)cc1. The first-order valence-electron chi connectivity index (χ1n) is 8.55. The number of nitrogens with one attached hydrogen (secondary N) is 1. The molecule has 0 fully saturated rings. The van der Waals surface area contributed by atoms with Gasteiger partial charge in [-0.05, 0) is 35.9 Å². The van der Waals surface area contributed by atoms with Crippen LogP contribution in [-0.2, 0) is 0 Å². The number of hydrogen-bond acceptors (Lipinski definition) is 3. The van der Waals surface area contributed by atoms with E-state index in [0.717, 1.165) is 33.3 Å². The molecule has 0 aliphatic rings. The third-order valence-corrected chi connectivity index (χ3v) is 4.75. The van der Waals surface area contributed by atoms with Crippen LogP contribution in [0.5, 0.6) is 0 Å². The Bertz CT molecular complexity index is 1220. The number of halogens is 1. The van der Waals surface area contributed by atoms with Crippen molar-refractivity contribution in [3.63, 3.8) is 0 Å². The maximum absolute atomic E-state index is 6.04. The van der Waals surface area contributed by atoms with E-state index in [-0.39, 0.29) is 0 Å². The smallest absolute Gasteiger partial charge is 0.250 e. The minimum atomic E-state index is 0.464. The number of hydrogen-bond donors (Lipinski definition) is 1. The first-order chi connectivity index (χ1) is 13.3. The van der Waals surface area contributed by atoms with E-state index in [2.05, 4.69) is 33.4 Å². The Morgan fingerprint density at radius 1 is 0.704 bits per heavy atom. The summed E-state index contributed by atoms with van der Waals surface area (Å²) in [4.78, 5) is 3.49. The Hall–Kier alpha value is -3.37. The molecule has 0 unspecified atom stereocenters. The molecule has 3 aromatic carbocycles. The summed E-state index contributed by atoms with van der Waals surface area (Å²) in [6.45, 7) is 0. The van der Waals surface area contributed by atoms with Gasteiger partial charge in [0.15, 0.2) is 0 Å². The molecule has 27 heavy (non-hydrogen) atoms. The molecule has 5 aromatic rings. The number of para-hydroxylation sites is 1. The number of nitrogens with zero attached hydrogens (tertiary/aromatic N) is 2. The zero-order valence-corrected chi connectivity index (χ0v) is 14.9. The van der Waals surface area contributed by atoms with Gasteiger partial charge in [-0.15, -0.1) is 10.2 Å². The van der Waals surface area contributed by atoms with E-state index >= 15 is 0 Å². The number of aromatic amines is 1. The van der Waals surface area contributed by atoms with Gasteiger partial charge in [-0.2, -0.15) is 0 Å². The highest BCUT2D eigenvalue weighted by Crippen LogP contribution is 2.38. The molecule has 5 heteroatoms. The molecule has 0 amide bonds. The fraction of sp³-hybridized carbons (Fsp3) is 0. The van der Waals surface area contributed by atoms with Gasteiger partial charge in [0, 0.05) is 21.5 Å². The van der Waals surface area contributed by atoms with Crippen LogP contribution < -0.4 is 0 Å². The van der Waals surface area contributed by atoms with Crippen molar-refractivity contribution in [3.05, 3.63) is 83.9 Å². The first kappa shape index (κ1) is 15.9. The molecule has 2 aromatic heterocycles. The summed E-state index contributed by atoms with van der Waals surface area (Å²) in [5, 5.41) is 10.3. The van der Waals surface area contributed by atoms with Gasteiger partial charge in [0.25, 0.3) is 5.89 Å². The second-order valence-corrected chi connectivity index (χ2v) is 6.64. The number of aromatic nitrogens is 3. The van der Waals surface area contributed by atoms with Gasteiger partial charge in [-0.1, -0.05) is 60.1 Å². The van der Waals surface area contributed by atoms with Crippen molar-refractivity contribution in [3.8, 4) is 34.2 Å². The first-order valence-corrected chi connectivity index (χ1v) is 8.93. The molecule has 0 radical (unpaired) electrons. The van der Waals surface area contributed by atoms with Crippen LogP contribution in [0.4, 0.5) is 0 Å². The van der Waals surface area contributed by atoms with Gasteiger partial charge in [0.2, 0.25) is 5.89 Å². The van der Waals surface area contributed by atoms with Crippen LogP contribution in [0.25, 0.3) is 45.1 Å². The Balaban J connectivity index is 1.70. The van der Waals surface area contributed by atoms with Crippen LogP contribution in [0.3, 0.4) is 0 Å². The zero-order valence-electron chi connectivity index (χ0n) is 14.2. The van der Waals surface area contributed by atoms with Gasteiger partial charge in [-0.3, -0.25) is 0 Å². The van der Waals surface area contributed by atoms with E-state index in [4.69, 9.17) is 16.0 Å². The number of fused-ring (bicyclic) bond motifs is 1. The van der Waals surface area contributed by atoms with E-state index in [1.807, 2.05) is 60.7 Å². The lowest BCUT2D eigenvalue weighted by Crippen LogP contribution is -1.82. The van der Waals surface area contributed by atoms with Gasteiger partial charge in [0.1, 0.15) is 0 Å². The van der Waals surface area contributed by atoms with Crippen LogP contribution in [0.15, 0.2) is 83.3 Å². The lowest BCUT2D eigenvalue weighted by Gasteiger charge is -2.01. The number of H-pyrrole nitrogens is 1. The highest BCUT2D eigenvalue weighted by Gasteiger charge is 2.20. The van der Waals surface area contributed by atoms with Crippen molar-refractivity contribution >= 4 is 22.5 Å². The Kier molecular flexibility index (Phi) is 3.77. The average Bonchev–Trinajstić information content (AvgIpc) is 3.34. The van der Waals surface area contributed by atoms with E-state index < -0.39 is 0 Å². The van der Waals surface area contributed by atoms with E-state index in [9.17, 15) is 0 Å². The molecule has 0 aliphatic carbocycles. The molecule has 5 rings (SSSR count). The van der Waals surface area contributed by atoms with E-state index in [1.54, 1.807) is 0 Å². The van der Waals surface area contributed by atoms with Gasteiger partial charge in [-0.25, -0.2) is 0 Å². The summed E-state index contributed by atoms with van der Waals surface area (Å²) < 4.78 is 6.04. The second-order valence-electron chi connectivity index (χ2n) is 6.21. The minimum Gasteiger partial charge on any atom is -0.416 e. The molecular formula is C22H14ClN3O. The van der Waals surface area contributed by atoms with Crippen LogP contribution in [-0.4, -0.2) is 15.2 Å². The van der Waals surface area contributed by atoms with Gasteiger partial charge >= 0.3 is 0 Å². The molecule has 0 spiro atoms. The maximum Gasteiger partial charge on any atom is 0.250 e. The molecule has 0 aliphatic heterocycles. The molecule has 0 atom stereocenters. The number of rotatable bonds is 3. The van der Waals surface area contributed by atoms with Crippen LogP contribution >= 0.6 is 11.6 Å². The Morgan fingerprint density at radius 2 is 1.41 bits per heavy atom. The van der Waals surface area contributed by atoms with Crippen LogP contribution in [0.2, 0.25) is 5.02 Å². The van der Waals surface area contributed by atoms with Crippen LogP contribution in [0.1, 0.15) is 0 Å². The average molecular weight is 372 g/mol. The fourth-order valence-electron chi connectivity index (χ4n) is 3.22. The molecule has 4 nitrogen and oxygen atoms in total. The second kappa shape index (κ2) is 6.41. The van der Waals surface area contributed by atoms with Gasteiger partial charge < -0.3 is 9.40 Å². The minimum absolute atomic E-state index is 0.464. The summed E-state index contributed by atoms with van der Waals surface area (Å²) in [5.74, 6) is 0.946. The molecule has 1 N–H and O–H groups in total. The third kappa shape index (κ3) is 2.80. The largest absolute Gasteiger partial charge is 0.416 e. The van der Waals surface area contributed by atoms with Crippen molar-refractivity contribution in [2.24, 2.45) is 0 Å². The summed E-state index contributed by atoms with van der Waals surface area (Å²) in [6, 6.07) is 25.6. The lowest BCUT2D eigenvalue weighted by atomic mass is 10.1. The highest BCUT2D eigenvalue weighted by molar-refractivity contribution is 6.30. The Morgan fingerprint density at radius 3 is 2.22 bits per heavy atom. The van der Waals surface area contributed by atoms with Crippen molar-refractivity contribution < 1.29 is 4.42 Å². The fourth-order valence-corrected chi connectivity index (χ4v) is 3.34. The maximum atomic E-state index is 6.04. The van der Waals surface area contributed by atoms with Crippen molar-refractivity contribution in [1.29, 1.82) is 0 Å². The predicted molar refractivity (Wildman–Crippen MR) is 107 cm³/mol. The monoisotopic (exact) mass is 371 g/mol. The summed E-state index contributed by atoms with van der Waals surface area (Å²) in [6.07, 6.45) is 0. The molecule has 0 bridgehead atoms. The van der Waals surface area contributed by atoms with Crippen molar-refractivity contribution in [2.75, 3.05) is 0 Å². The van der Waals surface area contributed by atoms with E-state index in [1.165, 1.54) is 0 Å². The summed E-state index contributed by atoms with van der Waals surface area (Å²) in [5.41, 5.74) is 4.79.